The van der Waals surface area contributed by atoms with E-state index in [9.17, 15) is 23.2 Å². The minimum absolute atomic E-state index is 0.0286. The van der Waals surface area contributed by atoms with Crippen molar-refractivity contribution in [2.24, 2.45) is 5.92 Å². The summed E-state index contributed by atoms with van der Waals surface area (Å²) in [5, 5.41) is 2.76. The molecule has 7 nitrogen and oxygen atoms in total. The van der Waals surface area contributed by atoms with Crippen LogP contribution in [0.4, 0.5) is 13.6 Å². The second kappa shape index (κ2) is 9.72. The van der Waals surface area contributed by atoms with Crippen molar-refractivity contribution < 1.29 is 23.1 Å². The molecule has 1 saturated carbocycles. The Bertz CT molecular complexity index is 1390. The van der Waals surface area contributed by atoms with E-state index in [0.717, 1.165) is 30.0 Å². The van der Waals surface area contributed by atoms with E-state index in [1.165, 1.54) is 31.2 Å². The zero-order valence-electron chi connectivity index (χ0n) is 20.7. The molecule has 1 atom stereocenters. The zero-order chi connectivity index (χ0) is 26.2. The number of carbonyl (C=O) groups excluding carboxylic acids is 2. The lowest BCUT2D eigenvalue weighted by molar-refractivity contribution is 0.0610. The van der Waals surface area contributed by atoms with Crippen molar-refractivity contribution in [2.75, 3.05) is 5.43 Å². The molecule has 1 unspecified atom stereocenters. The van der Waals surface area contributed by atoms with E-state index in [4.69, 9.17) is 4.74 Å². The highest BCUT2D eigenvalue weighted by Gasteiger charge is 2.32. The van der Waals surface area contributed by atoms with Crippen molar-refractivity contribution >= 4 is 22.8 Å². The predicted molar refractivity (Wildman–Crippen MR) is 132 cm³/mol. The first kappa shape index (κ1) is 25.3. The molecule has 4 rings (SSSR count). The van der Waals surface area contributed by atoms with Crippen LogP contribution >= 0.6 is 0 Å². The summed E-state index contributed by atoms with van der Waals surface area (Å²) >= 11 is 0. The minimum Gasteiger partial charge on any atom is -0.443 e. The second-order valence-electron chi connectivity index (χ2n) is 10.1. The summed E-state index contributed by atoms with van der Waals surface area (Å²) < 4.78 is 34.9. The van der Waals surface area contributed by atoms with Crippen molar-refractivity contribution in [3.05, 3.63) is 81.3 Å². The molecule has 2 aromatic carbocycles. The van der Waals surface area contributed by atoms with Gasteiger partial charge in [-0.2, -0.15) is 0 Å². The highest BCUT2D eigenvalue weighted by molar-refractivity contribution is 6.08. The molecule has 1 heterocycles. The third kappa shape index (κ3) is 5.10. The molecule has 0 aliphatic heterocycles. The summed E-state index contributed by atoms with van der Waals surface area (Å²) in [6, 6.07) is 9.60. The van der Waals surface area contributed by atoms with Gasteiger partial charge in [0.05, 0.1) is 22.7 Å². The lowest BCUT2D eigenvalue weighted by Crippen LogP contribution is -2.41. The van der Waals surface area contributed by atoms with E-state index in [1.54, 1.807) is 32.9 Å². The first-order chi connectivity index (χ1) is 17.0. The minimum atomic E-state index is -0.929. The summed E-state index contributed by atoms with van der Waals surface area (Å²) in [7, 11) is 0. The average molecular weight is 498 g/mol. The number of hydrogen-bond acceptors (Lipinski definition) is 4. The Kier molecular flexibility index (Phi) is 6.84. The number of halogens is 2. The zero-order valence-corrected chi connectivity index (χ0v) is 20.7. The van der Waals surface area contributed by atoms with Crippen LogP contribution in [0.25, 0.3) is 10.8 Å². The molecule has 2 amide bonds. The van der Waals surface area contributed by atoms with Crippen LogP contribution in [0, 0.1) is 24.5 Å². The van der Waals surface area contributed by atoms with Gasteiger partial charge in [0.1, 0.15) is 17.2 Å². The molecule has 0 bridgehead atoms. The van der Waals surface area contributed by atoms with E-state index < -0.39 is 40.8 Å². The second-order valence-corrected chi connectivity index (χ2v) is 10.1. The standard InChI is InChI=1S/C27H29F2N3O4/c1-15-21(24(33)30-23(16-8-5-9-16)17-10-6-11-18(28)14-17)19-12-7-13-20(29)22(19)25(34)32(15)31-26(35)36-27(2,3)4/h6-7,10-14,16,23H,5,8-9H2,1-4H3,(H,30,33)(H,31,35). The van der Waals surface area contributed by atoms with E-state index in [-0.39, 0.29) is 27.9 Å². The Morgan fingerprint density at radius 1 is 1.11 bits per heavy atom. The van der Waals surface area contributed by atoms with Crippen LogP contribution in [0.5, 0.6) is 0 Å². The maximum atomic E-state index is 14.8. The number of carbonyl (C=O) groups is 2. The Morgan fingerprint density at radius 3 is 2.42 bits per heavy atom. The topological polar surface area (TPSA) is 89.4 Å². The van der Waals surface area contributed by atoms with E-state index in [1.807, 2.05) is 0 Å². The molecule has 1 aliphatic carbocycles. The van der Waals surface area contributed by atoms with Gasteiger partial charge >= 0.3 is 6.09 Å². The number of hydrogen-bond donors (Lipinski definition) is 2. The van der Waals surface area contributed by atoms with Gasteiger partial charge in [0, 0.05) is 5.39 Å². The van der Waals surface area contributed by atoms with Crippen LogP contribution in [0.1, 0.15) is 67.7 Å². The number of nitrogens with zero attached hydrogens (tertiary/aromatic N) is 1. The third-order valence-corrected chi connectivity index (χ3v) is 6.34. The number of fused-ring (bicyclic) bond motifs is 1. The van der Waals surface area contributed by atoms with Gasteiger partial charge in [0.15, 0.2) is 0 Å². The molecule has 1 aromatic heterocycles. The van der Waals surface area contributed by atoms with Crippen molar-refractivity contribution in [1.82, 2.24) is 9.99 Å². The van der Waals surface area contributed by atoms with Crippen LogP contribution in [0.3, 0.4) is 0 Å². The number of benzene rings is 2. The first-order valence-corrected chi connectivity index (χ1v) is 11.9. The quantitative estimate of drug-likeness (QED) is 0.498. The number of pyridine rings is 1. The molecule has 9 heteroatoms. The van der Waals surface area contributed by atoms with Gasteiger partial charge in [-0.3, -0.25) is 9.59 Å². The van der Waals surface area contributed by atoms with Crippen LogP contribution in [0.2, 0.25) is 0 Å². The van der Waals surface area contributed by atoms with Crippen molar-refractivity contribution in [3.8, 4) is 0 Å². The molecule has 0 spiro atoms. The lowest BCUT2D eigenvalue weighted by atomic mass is 9.77. The maximum absolute atomic E-state index is 14.8. The fraction of sp³-hybridized carbons (Fsp3) is 0.370. The Labute approximate surface area is 207 Å². The first-order valence-electron chi connectivity index (χ1n) is 11.9. The van der Waals surface area contributed by atoms with Crippen LogP contribution in [-0.4, -0.2) is 22.3 Å². The van der Waals surface area contributed by atoms with Crippen molar-refractivity contribution in [2.45, 2.75) is 58.6 Å². The number of rotatable bonds is 5. The van der Waals surface area contributed by atoms with Crippen LogP contribution in [-0.2, 0) is 4.74 Å². The highest BCUT2D eigenvalue weighted by Crippen LogP contribution is 2.38. The number of aromatic nitrogens is 1. The van der Waals surface area contributed by atoms with Crippen molar-refractivity contribution in [3.63, 3.8) is 0 Å². The van der Waals surface area contributed by atoms with Crippen molar-refractivity contribution in [1.29, 1.82) is 0 Å². The van der Waals surface area contributed by atoms with E-state index >= 15 is 0 Å². The van der Waals surface area contributed by atoms with Gasteiger partial charge in [0.25, 0.3) is 11.5 Å². The molecule has 1 aliphatic rings. The van der Waals surface area contributed by atoms with Gasteiger partial charge in [-0.25, -0.2) is 23.7 Å². The fourth-order valence-corrected chi connectivity index (χ4v) is 4.49. The van der Waals surface area contributed by atoms with E-state index in [2.05, 4.69) is 10.7 Å². The lowest BCUT2D eigenvalue weighted by Gasteiger charge is -2.35. The number of amides is 2. The highest BCUT2D eigenvalue weighted by atomic mass is 19.1. The summed E-state index contributed by atoms with van der Waals surface area (Å²) in [5.74, 6) is -1.69. The van der Waals surface area contributed by atoms with Gasteiger partial charge < -0.3 is 10.1 Å². The number of ether oxygens (including phenoxy) is 1. The van der Waals surface area contributed by atoms with E-state index in [0.29, 0.717) is 5.56 Å². The molecule has 3 aromatic rings. The van der Waals surface area contributed by atoms with Crippen LogP contribution < -0.4 is 16.3 Å². The molecular weight excluding hydrogens is 468 g/mol. The Hall–Kier alpha value is -3.75. The summed E-state index contributed by atoms with van der Waals surface area (Å²) in [5.41, 5.74) is 1.42. The summed E-state index contributed by atoms with van der Waals surface area (Å²) in [6.07, 6.45) is 1.82. The molecule has 36 heavy (non-hydrogen) atoms. The summed E-state index contributed by atoms with van der Waals surface area (Å²) in [4.78, 5) is 39.3. The predicted octanol–water partition coefficient (Wildman–Crippen LogP) is 5.34. The van der Waals surface area contributed by atoms with Gasteiger partial charge in [-0.05, 0) is 70.2 Å². The third-order valence-electron chi connectivity index (χ3n) is 6.34. The molecule has 2 N–H and O–H groups in total. The Morgan fingerprint density at radius 2 is 1.81 bits per heavy atom. The average Bonchev–Trinajstić information content (AvgIpc) is 2.73. The van der Waals surface area contributed by atoms with Crippen LogP contribution in [0.15, 0.2) is 47.3 Å². The molecule has 0 radical (unpaired) electrons. The Balaban J connectivity index is 1.80. The molecule has 190 valence electrons. The normalized spacial score (nSPS) is 14.7. The SMILES string of the molecule is Cc1c(C(=O)NC(c2cccc(F)c2)C2CCC2)c2cccc(F)c2c(=O)n1NC(=O)OC(C)(C)C. The smallest absolute Gasteiger partial charge is 0.427 e. The molecular formula is C27H29F2N3O4. The molecule has 1 fully saturated rings. The van der Waals surface area contributed by atoms with Gasteiger partial charge in [-0.15, -0.1) is 0 Å². The number of nitrogens with one attached hydrogen (secondary N) is 2. The maximum Gasteiger partial charge on any atom is 0.427 e. The fourth-order valence-electron chi connectivity index (χ4n) is 4.49. The van der Waals surface area contributed by atoms with Gasteiger partial charge in [0.2, 0.25) is 0 Å². The molecule has 0 saturated heterocycles. The van der Waals surface area contributed by atoms with Gasteiger partial charge in [-0.1, -0.05) is 30.7 Å². The largest absolute Gasteiger partial charge is 0.443 e. The monoisotopic (exact) mass is 497 g/mol. The summed E-state index contributed by atoms with van der Waals surface area (Å²) in [6.45, 7) is 6.47.